The first-order valence-electron chi connectivity index (χ1n) is 3.80. The molecule has 0 aliphatic carbocycles. The van der Waals surface area contributed by atoms with Crippen LogP contribution in [-0.4, -0.2) is 22.2 Å². The molecule has 15 heavy (non-hydrogen) atoms. The van der Waals surface area contributed by atoms with E-state index in [1.54, 1.807) is 0 Å². The van der Waals surface area contributed by atoms with Gasteiger partial charge in [0.1, 0.15) is 0 Å². The van der Waals surface area contributed by atoms with Crippen LogP contribution in [0.3, 0.4) is 0 Å². The zero-order valence-corrected chi connectivity index (χ0v) is 8.82. The minimum atomic E-state index is -1.16. The Kier molecular flexibility index (Phi) is 4.32. The summed E-state index contributed by atoms with van der Waals surface area (Å²) in [5, 5.41) is 17.4. The quantitative estimate of drug-likeness (QED) is 0.682. The van der Waals surface area contributed by atoms with Crippen LogP contribution < -0.4 is 5.73 Å². The van der Waals surface area contributed by atoms with E-state index >= 15 is 0 Å². The molecule has 0 aliphatic heterocycles. The second-order valence-corrected chi connectivity index (χ2v) is 2.81. The third-order valence-electron chi connectivity index (χ3n) is 1.98. The number of carboxylic acid groups (broad SMARTS) is 2. The number of carboxylic acids is 2. The van der Waals surface area contributed by atoms with Crippen molar-refractivity contribution in [3.05, 3.63) is 28.8 Å². The number of carbonyl (C=O) groups is 2. The normalized spacial score (nSPS) is 9.13. The fourth-order valence-corrected chi connectivity index (χ4v) is 1.15. The van der Waals surface area contributed by atoms with Gasteiger partial charge in [-0.15, -0.1) is 0 Å². The van der Waals surface area contributed by atoms with E-state index in [2.05, 4.69) is 0 Å². The number of hydrogen-bond acceptors (Lipinski definition) is 3. The van der Waals surface area contributed by atoms with Crippen LogP contribution in [0, 0.1) is 6.92 Å². The molecule has 0 aromatic heterocycles. The first-order chi connectivity index (χ1) is 6.45. The van der Waals surface area contributed by atoms with Crippen molar-refractivity contribution in [2.45, 2.75) is 6.92 Å². The van der Waals surface area contributed by atoms with E-state index in [1.165, 1.54) is 19.1 Å². The summed E-state index contributed by atoms with van der Waals surface area (Å²) in [6.45, 7) is 1.48. The molecule has 1 aromatic rings. The van der Waals surface area contributed by atoms with E-state index in [9.17, 15) is 9.59 Å². The van der Waals surface area contributed by atoms with Crippen molar-refractivity contribution in [2.75, 3.05) is 5.73 Å². The predicted molar refractivity (Wildman–Crippen MR) is 49.5 cm³/mol. The molecule has 6 heteroatoms. The minimum Gasteiger partial charge on any atom is -0.478 e. The molecular formula is C9H9CoNO4. The van der Waals surface area contributed by atoms with Crippen LogP contribution in [0.4, 0.5) is 5.69 Å². The molecule has 0 unspecified atom stereocenters. The standard InChI is InChI=1S/C9H9NO4.Co/c1-4-5(8(11)12)2-3-6(7(4)10)9(13)14;/h2-3H,10H2,1H3,(H,11,12)(H,13,14);. The molecule has 0 saturated heterocycles. The van der Waals surface area contributed by atoms with E-state index in [-0.39, 0.29) is 39.2 Å². The Morgan fingerprint density at radius 1 is 1.13 bits per heavy atom. The van der Waals surface area contributed by atoms with Gasteiger partial charge >= 0.3 is 11.9 Å². The van der Waals surface area contributed by atoms with Crippen molar-refractivity contribution in [3.8, 4) is 0 Å². The van der Waals surface area contributed by atoms with E-state index in [1.807, 2.05) is 0 Å². The SMILES string of the molecule is Cc1c(C(=O)O)ccc(C(=O)O)c1N.[Co]. The number of nitrogen functional groups attached to an aromatic ring is 1. The molecule has 1 aromatic carbocycles. The van der Waals surface area contributed by atoms with Crippen LogP contribution in [0.2, 0.25) is 0 Å². The fourth-order valence-electron chi connectivity index (χ4n) is 1.15. The Morgan fingerprint density at radius 3 is 1.93 bits per heavy atom. The van der Waals surface area contributed by atoms with Crippen molar-refractivity contribution in [2.24, 2.45) is 0 Å². The molecule has 0 atom stereocenters. The topological polar surface area (TPSA) is 101 Å². The number of rotatable bonds is 2. The molecule has 4 N–H and O–H groups in total. The molecule has 1 radical (unpaired) electrons. The number of hydrogen-bond donors (Lipinski definition) is 3. The Balaban J connectivity index is 0.00000196. The molecule has 0 heterocycles. The Hall–Kier alpha value is -1.53. The zero-order chi connectivity index (χ0) is 10.9. The summed E-state index contributed by atoms with van der Waals surface area (Å²) in [6, 6.07) is 2.42. The molecule has 83 valence electrons. The molecule has 0 amide bonds. The Morgan fingerprint density at radius 2 is 1.53 bits per heavy atom. The molecule has 0 aliphatic rings. The summed E-state index contributed by atoms with van der Waals surface area (Å²) in [6.07, 6.45) is 0. The molecule has 0 fully saturated rings. The number of anilines is 1. The van der Waals surface area contributed by atoms with Gasteiger partial charge < -0.3 is 15.9 Å². The van der Waals surface area contributed by atoms with Crippen LogP contribution >= 0.6 is 0 Å². The number of nitrogens with two attached hydrogens (primary N) is 1. The van der Waals surface area contributed by atoms with Gasteiger partial charge in [0.15, 0.2) is 0 Å². The third kappa shape index (κ3) is 2.48. The summed E-state index contributed by atoms with van der Waals surface area (Å²) in [7, 11) is 0. The van der Waals surface area contributed by atoms with Crippen LogP contribution in [-0.2, 0) is 16.8 Å². The van der Waals surface area contributed by atoms with Crippen LogP contribution in [0.25, 0.3) is 0 Å². The summed E-state index contributed by atoms with van der Waals surface area (Å²) >= 11 is 0. The van der Waals surface area contributed by atoms with Gasteiger partial charge in [-0.2, -0.15) is 0 Å². The molecule has 1 rings (SSSR count). The maximum absolute atomic E-state index is 10.7. The van der Waals surface area contributed by atoms with Crippen molar-refractivity contribution >= 4 is 17.6 Å². The predicted octanol–water partition coefficient (Wildman–Crippen LogP) is 0.971. The molecule has 5 nitrogen and oxygen atoms in total. The first-order valence-corrected chi connectivity index (χ1v) is 3.80. The van der Waals surface area contributed by atoms with E-state index in [0.717, 1.165) is 0 Å². The summed E-state index contributed by atoms with van der Waals surface area (Å²) in [5.41, 5.74) is 5.70. The van der Waals surface area contributed by atoms with Gasteiger partial charge in [-0.3, -0.25) is 0 Å². The van der Waals surface area contributed by atoms with Gasteiger partial charge in [0.25, 0.3) is 0 Å². The second kappa shape index (κ2) is 4.81. The molecule has 0 spiro atoms. The zero-order valence-electron chi connectivity index (χ0n) is 7.78. The van der Waals surface area contributed by atoms with Gasteiger partial charge in [0, 0.05) is 22.5 Å². The van der Waals surface area contributed by atoms with Crippen LogP contribution in [0.15, 0.2) is 12.1 Å². The molecular weight excluding hydrogens is 245 g/mol. The van der Waals surface area contributed by atoms with Crippen LogP contribution in [0.1, 0.15) is 26.3 Å². The second-order valence-electron chi connectivity index (χ2n) is 2.81. The van der Waals surface area contributed by atoms with Crippen LogP contribution in [0.5, 0.6) is 0 Å². The van der Waals surface area contributed by atoms with Gasteiger partial charge in [-0.25, -0.2) is 9.59 Å². The van der Waals surface area contributed by atoms with E-state index in [0.29, 0.717) is 0 Å². The van der Waals surface area contributed by atoms with Gasteiger partial charge in [0.05, 0.1) is 11.1 Å². The summed E-state index contributed by atoms with van der Waals surface area (Å²) in [4.78, 5) is 21.3. The van der Waals surface area contributed by atoms with Gasteiger partial charge in [-0.05, 0) is 24.6 Å². The smallest absolute Gasteiger partial charge is 0.337 e. The number of benzene rings is 1. The number of aromatic carboxylic acids is 2. The van der Waals surface area contributed by atoms with Crippen molar-refractivity contribution in [1.82, 2.24) is 0 Å². The maximum atomic E-state index is 10.7. The third-order valence-corrected chi connectivity index (χ3v) is 1.98. The summed E-state index contributed by atoms with van der Waals surface area (Å²) in [5.74, 6) is -2.28. The van der Waals surface area contributed by atoms with Gasteiger partial charge in [-0.1, -0.05) is 0 Å². The van der Waals surface area contributed by atoms with E-state index < -0.39 is 11.9 Å². The Bertz CT molecular complexity index is 378. The molecule has 0 saturated carbocycles. The van der Waals surface area contributed by atoms with Crippen molar-refractivity contribution in [1.29, 1.82) is 0 Å². The van der Waals surface area contributed by atoms with Crippen molar-refractivity contribution in [3.63, 3.8) is 0 Å². The molecule has 0 bridgehead atoms. The minimum absolute atomic E-state index is 0. The maximum Gasteiger partial charge on any atom is 0.337 e. The fraction of sp³-hybridized carbons (Fsp3) is 0.111. The van der Waals surface area contributed by atoms with Gasteiger partial charge in [0.2, 0.25) is 0 Å². The van der Waals surface area contributed by atoms with Crippen molar-refractivity contribution < 1.29 is 36.6 Å². The average Bonchev–Trinajstić information content (AvgIpc) is 2.08. The van der Waals surface area contributed by atoms with E-state index in [4.69, 9.17) is 15.9 Å². The Labute approximate surface area is 96.1 Å². The summed E-state index contributed by atoms with van der Waals surface area (Å²) < 4.78 is 0. The largest absolute Gasteiger partial charge is 0.478 e. The monoisotopic (exact) mass is 254 g/mol. The average molecular weight is 254 g/mol. The first kappa shape index (κ1) is 13.5.